The number of ketones is 1. The lowest BCUT2D eigenvalue weighted by Gasteiger charge is -2.32. The van der Waals surface area contributed by atoms with Crippen LogP contribution in [0.4, 0.5) is 5.69 Å². The van der Waals surface area contributed by atoms with E-state index in [1.807, 2.05) is 12.1 Å². The second kappa shape index (κ2) is 6.72. The zero-order chi connectivity index (χ0) is 22.4. The van der Waals surface area contributed by atoms with E-state index in [0.29, 0.717) is 29.0 Å². The number of benzene rings is 2. The van der Waals surface area contributed by atoms with Gasteiger partial charge in [0.05, 0.1) is 23.9 Å². The van der Waals surface area contributed by atoms with Crippen LogP contribution in [0, 0.1) is 23.7 Å². The fourth-order valence-corrected chi connectivity index (χ4v) is 6.97. The molecule has 3 fully saturated rings. The molecule has 168 valence electrons. The van der Waals surface area contributed by atoms with E-state index in [1.54, 1.807) is 20.2 Å². The second-order valence-electron chi connectivity index (χ2n) is 10.5. The zero-order valence-corrected chi connectivity index (χ0v) is 19.0. The Labute approximate surface area is 193 Å². The first-order chi connectivity index (χ1) is 16.0. The number of carbonyl (C=O) groups excluding carboxylic acids is 1. The van der Waals surface area contributed by atoms with Gasteiger partial charge in [-0.1, -0.05) is 6.07 Å². The van der Waals surface area contributed by atoms with Gasteiger partial charge in [-0.25, -0.2) is 0 Å². The van der Waals surface area contributed by atoms with Crippen LogP contribution >= 0.6 is 0 Å². The normalized spacial score (nSPS) is 30.7. The predicted octanol–water partition coefficient (Wildman–Crippen LogP) is 5.76. The van der Waals surface area contributed by atoms with Gasteiger partial charge in [0.15, 0.2) is 17.3 Å². The van der Waals surface area contributed by atoms with Crippen LogP contribution in [0.15, 0.2) is 36.5 Å². The number of anilines is 1. The summed E-state index contributed by atoms with van der Waals surface area (Å²) < 4.78 is 5.57. The Morgan fingerprint density at radius 1 is 1.06 bits per heavy atom. The molecule has 0 spiro atoms. The van der Waals surface area contributed by atoms with E-state index < -0.39 is 0 Å². The third-order valence-corrected chi connectivity index (χ3v) is 8.81. The zero-order valence-electron chi connectivity index (χ0n) is 19.0. The summed E-state index contributed by atoms with van der Waals surface area (Å²) in [6, 6.07) is 10.7. The van der Waals surface area contributed by atoms with Gasteiger partial charge < -0.3 is 15.2 Å². The van der Waals surface area contributed by atoms with Gasteiger partial charge in [-0.05, 0) is 97.6 Å². The number of phenolic OH excluding ortho intramolecular Hbond substituents is 1. The van der Waals surface area contributed by atoms with Gasteiger partial charge in [-0.3, -0.25) is 9.78 Å². The Bertz CT molecular complexity index is 1310. The van der Waals surface area contributed by atoms with Crippen molar-refractivity contribution in [3.8, 4) is 22.6 Å². The summed E-state index contributed by atoms with van der Waals surface area (Å²) in [5, 5.41) is 15.7. The lowest BCUT2D eigenvalue weighted by molar-refractivity contribution is 0.101. The quantitative estimate of drug-likeness (QED) is 0.496. The van der Waals surface area contributed by atoms with Gasteiger partial charge in [0, 0.05) is 23.2 Å². The van der Waals surface area contributed by atoms with Gasteiger partial charge >= 0.3 is 0 Å². The lowest BCUT2D eigenvalue weighted by atomic mass is 9.77. The van der Waals surface area contributed by atoms with E-state index in [-0.39, 0.29) is 5.78 Å². The van der Waals surface area contributed by atoms with E-state index in [4.69, 9.17) is 4.74 Å². The molecule has 3 aliphatic carbocycles. The van der Waals surface area contributed by atoms with Crippen molar-refractivity contribution in [2.45, 2.75) is 44.6 Å². The fraction of sp³-hybridized carbons (Fsp3) is 0.429. The van der Waals surface area contributed by atoms with Crippen LogP contribution in [0.3, 0.4) is 0 Å². The van der Waals surface area contributed by atoms with Crippen LogP contribution < -0.4 is 10.1 Å². The van der Waals surface area contributed by atoms with Crippen LogP contribution in [0.5, 0.6) is 11.5 Å². The molecule has 2 unspecified atom stereocenters. The van der Waals surface area contributed by atoms with Gasteiger partial charge in [0.2, 0.25) is 0 Å². The molecule has 6 bridgehead atoms. The van der Waals surface area contributed by atoms with E-state index in [9.17, 15) is 9.90 Å². The van der Waals surface area contributed by atoms with Crippen molar-refractivity contribution in [2.24, 2.45) is 23.7 Å². The van der Waals surface area contributed by atoms with E-state index in [1.165, 1.54) is 12.8 Å². The molecule has 2 N–H and O–H groups in total. The van der Waals surface area contributed by atoms with Crippen molar-refractivity contribution in [1.29, 1.82) is 0 Å². The van der Waals surface area contributed by atoms with Crippen molar-refractivity contribution in [3.63, 3.8) is 0 Å². The highest BCUT2D eigenvalue weighted by molar-refractivity contribution is 6.07. The van der Waals surface area contributed by atoms with Crippen LogP contribution in [0.25, 0.3) is 22.0 Å². The first-order valence-corrected chi connectivity index (χ1v) is 12.2. The molecule has 0 saturated heterocycles. The number of Topliss-reactive ketones (excluding diaryl/α,β-unsaturated/α-hetero) is 1. The molecule has 3 heterocycles. The Morgan fingerprint density at radius 3 is 2.58 bits per heavy atom. The number of pyridine rings is 1. The third kappa shape index (κ3) is 2.77. The van der Waals surface area contributed by atoms with Crippen LogP contribution in [-0.4, -0.2) is 29.0 Å². The lowest BCUT2D eigenvalue weighted by Crippen LogP contribution is -2.29. The van der Waals surface area contributed by atoms with Crippen molar-refractivity contribution in [2.75, 3.05) is 12.4 Å². The van der Waals surface area contributed by atoms with Crippen LogP contribution in [0.2, 0.25) is 0 Å². The molecule has 3 aromatic rings. The highest BCUT2D eigenvalue weighted by Gasteiger charge is 2.75. The molecule has 0 radical (unpaired) electrons. The maximum atomic E-state index is 12.5. The number of ether oxygens (including phenoxy) is 1. The Hall–Kier alpha value is -3.08. The summed E-state index contributed by atoms with van der Waals surface area (Å²) in [6.07, 6.45) is 6.46. The SMILES string of the molecule is COc1cc2cc(c1O)C1C3C(C4CCC(CC4)Nc4c(C(C)=O)cnc5ccc-2cc45)C13. The van der Waals surface area contributed by atoms with Crippen molar-refractivity contribution >= 4 is 22.4 Å². The standard InChI is InChI=1S/C28H28N2O3/c1-13(31)20-12-29-21-8-5-15-9-18(21)27(20)30-17-6-3-14(4-7-17)23-25-24(26(23)25)19-10-16(15)11-22(33-2)28(19)32/h5,8-12,14,17,23-26,30,32H,3-4,6-7H2,1-2H3. The summed E-state index contributed by atoms with van der Waals surface area (Å²) in [6.45, 7) is 1.62. The molecule has 5 aliphatic rings. The minimum Gasteiger partial charge on any atom is -0.504 e. The summed E-state index contributed by atoms with van der Waals surface area (Å²) in [4.78, 5) is 17.1. The maximum Gasteiger partial charge on any atom is 0.163 e. The molecule has 8 rings (SSSR count). The molecule has 5 nitrogen and oxygen atoms in total. The van der Waals surface area contributed by atoms with Gasteiger partial charge in [-0.2, -0.15) is 0 Å². The number of nitrogens with zero attached hydrogens (tertiary/aromatic N) is 1. The Balaban J connectivity index is 1.45. The first-order valence-electron chi connectivity index (χ1n) is 12.2. The summed E-state index contributed by atoms with van der Waals surface area (Å²) in [7, 11) is 1.62. The average molecular weight is 441 g/mol. The predicted molar refractivity (Wildman–Crippen MR) is 128 cm³/mol. The third-order valence-electron chi connectivity index (χ3n) is 8.81. The number of fused-ring (bicyclic) bond motifs is 2. The first kappa shape index (κ1) is 19.4. The molecule has 5 heteroatoms. The molecular formula is C28H28N2O3. The number of hydrogen-bond acceptors (Lipinski definition) is 5. The average Bonchev–Trinajstić information content (AvgIpc) is 3.73. The number of phenols is 1. The Morgan fingerprint density at radius 2 is 1.85 bits per heavy atom. The molecule has 2 atom stereocenters. The van der Waals surface area contributed by atoms with Crippen LogP contribution in [-0.2, 0) is 0 Å². The van der Waals surface area contributed by atoms with Gasteiger partial charge in [0.1, 0.15) is 0 Å². The van der Waals surface area contributed by atoms with Crippen molar-refractivity contribution < 1.29 is 14.6 Å². The van der Waals surface area contributed by atoms with Gasteiger partial charge in [-0.15, -0.1) is 0 Å². The van der Waals surface area contributed by atoms with E-state index >= 15 is 0 Å². The molecule has 2 aliphatic heterocycles. The smallest absolute Gasteiger partial charge is 0.163 e. The molecule has 2 aromatic carbocycles. The summed E-state index contributed by atoms with van der Waals surface area (Å²) in [5.74, 6) is 4.38. The summed E-state index contributed by atoms with van der Waals surface area (Å²) in [5.41, 5.74) is 5.55. The highest BCUT2D eigenvalue weighted by atomic mass is 16.5. The minimum absolute atomic E-state index is 0.0296. The minimum atomic E-state index is 0.0296. The van der Waals surface area contributed by atoms with Crippen molar-refractivity contribution in [3.05, 3.63) is 47.7 Å². The molecule has 33 heavy (non-hydrogen) atoms. The largest absolute Gasteiger partial charge is 0.504 e. The number of nitrogens with one attached hydrogen (secondary N) is 1. The van der Waals surface area contributed by atoms with Crippen LogP contribution in [0.1, 0.15) is 54.4 Å². The molecule has 1 aromatic heterocycles. The second-order valence-corrected chi connectivity index (χ2v) is 10.5. The number of rotatable bonds is 2. The number of methoxy groups -OCH3 is 1. The maximum absolute atomic E-state index is 12.5. The Kier molecular flexibility index (Phi) is 3.95. The number of carbonyl (C=O) groups is 1. The summed E-state index contributed by atoms with van der Waals surface area (Å²) >= 11 is 0. The fourth-order valence-electron chi connectivity index (χ4n) is 6.97. The monoisotopic (exact) mass is 440 g/mol. The van der Waals surface area contributed by atoms with E-state index in [2.05, 4.69) is 28.5 Å². The molecular weight excluding hydrogens is 412 g/mol. The molecule has 3 saturated carbocycles. The van der Waals surface area contributed by atoms with E-state index in [0.717, 1.165) is 69.8 Å². The highest BCUT2D eigenvalue weighted by Crippen LogP contribution is 2.81. The van der Waals surface area contributed by atoms with Crippen molar-refractivity contribution in [1.82, 2.24) is 4.98 Å². The topological polar surface area (TPSA) is 71.5 Å². The molecule has 0 amide bonds. The number of aromatic hydroxyl groups is 1. The number of aromatic nitrogens is 1. The van der Waals surface area contributed by atoms with Gasteiger partial charge in [0.25, 0.3) is 0 Å². The number of hydrogen-bond donors (Lipinski definition) is 2.